The van der Waals surface area contributed by atoms with Crippen molar-refractivity contribution >= 4 is 11.8 Å². The lowest BCUT2D eigenvalue weighted by Crippen LogP contribution is -2.55. The van der Waals surface area contributed by atoms with E-state index < -0.39 is 16.6 Å². The van der Waals surface area contributed by atoms with E-state index in [-0.39, 0.29) is 17.7 Å². The van der Waals surface area contributed by atoms with Gasteiger partial charge < -0.3 is 20.4 Å². The zero-order chi connectivity index (χ0) is 27.3. The standard InChI is InChI=1S/C31H37N5O3/c1-21(37)33-30(19-24-13-14-24)15-16-36(28(30)38)31(20-25(31)17-22-9-5-3-6-10-22)27-35-34-26(39-27)29(2,32)18-23-11-7-4-8-12-23/h3-12,24-25H,13-20,32H2,1-2H3,(H,33,37)/t25-,29-,30?,31?/m1/s1. The van der Waals surface area contributed by atoms with Gasteiger partial charge in [-0.1, -0.05) is 73.5 Å². The third-order valence-corrected chi connectivity index (χ3v) is 8.74. The quantitative estimate of drug-likeness (QED) is 0.414. The molecule has 6 rings (SSSR count). The van der Waals surface area contributed by atoms with E-state index in [0.29, 0.717) is 43.5 Å². The second kappa shape index (κ2) is 9.59. The third kappa shape index (κ3) is 4.86. The summed E-state index contributed by atoms with van der Waals surface area (Å²) in [5, 5.41) is 12.0. The summed E-state index contributed by atoms with van der Waals surface area (Å²) in [5.41, 5.74) is 6.58. The minimum atomic E-state index is -0.863. The molecule has 0 spiro atoms. The minimum Gasteiger partial charge on any atom is -0.421 e. The molecule has 1 aliphatic heterocycles. The normalized spacial score (nSPS) is 27.8. The molecule has 8 heteroatoms. The van der Waals surface area contributed by atoms with Gasteiger partial charge in [0, 0.05) is 13.5 Å². The van der Waals surface area contributed by atoms with Gasteiger partial charge in [0.2, 0.25) is 23.6 Å². The Morgan fingerprint density at radius 2 is 1.77 bits per heavy atom. The van der Waals surface area contributed by atoms with Gasteiger partial charge in [0.25, 0.3) is 0 Å². The molecule has 3 fully saturated rings. The molecule has 1 aromatic heterocycles. The van der Waals surface area contributed by atoms with Gasteiger partial charge in [0.05, 0.1) is 5.54 Å². The molecular formula is C31H37N5O3. The van der Waals surface area contributed by atoms with E-state index >= 15 is 0 Å². The topological polar surface area (TPSA) is 114 Å². The maximum atomic E-state index is 14.2. The number of carbonyl (C=O) groups is 2. The summed E-state index contributed by atoms with van der Waals surface area (Å²) in [5.74, 6) is 1.23. The first-order chi connectivity index (χ1) is 18.7. The number of amides is 2. The predicted octanol–water partition coefficient (Wildman–Crippen LogP) is 3.85. The van der Waals surface area contributed by atoms with Crippen LogP contribution in [0.25, 0.3) is 0 Å². The molecular weight excluding hydrogens is 490 g/mol. The minimum absolute atomic E-state index is 0.0280. The molecule has 0 radical (unpaired) electrons. The summed E-state index contributed by atoms with van der Waals surface area (Å²) in [7, 11) is 0. The predicted molar refractivity (Wildman–Crippen MR) is 146 cm³/mol. The van der Waals surface area contributed by atoms with Crippen molar-refractivity contribution < 1.29 is 14.0 Å². The number of nitrogens with one attached hydrogen (secondary N) is 1. The van der Waals surface area contributed by atoms with E-state index in [4.69, 9.17) is 10.2 Å². The first-order valence-corrected chi connectivity index (χ1v) is 14.0. The number of nitrogens with two attached hydrogens (primary N) is 1. The van der Waals surface area contributed by atoms with E-state index in [9.17, 15) is 9.59 Å². The van der Waals surface area contributed by atoms with E-state index in [1.165, 1.54) is 12.5 Å². The number of benzene rings is 2. The molecule has 8 nitrogen and oxygen atoms in total. The van der Waals surface area contributed by atoms with Crippen LogP contribution in [0.4, 0.5) is 0 Å². The van der Waals surface area contributed by atoms with Crippen LogP contribution in [0.15, 0.2) is 65.1 Å². The average Bonchev–Trinajstić information content (AvgIpc) is 3.76. The van der Waals surface area contributed by atoms with Crippen molar-refractivity contribution in [1.82, 2.24) is 20.4 Å². The summed E-state index contributed by atoms with van der Waals surface area (Å²) in [4.78, 5) is 28.4. The highest BCUT2D eigenvalue weighted by atomic mass is 16.4. The van der Waals surface area contributed by atoms with E-state index in [2.05, 4.69) is 27.6 Å². The summed E-state index contributed by atoms with van der Waals surface area (Å²) in [6.07, 6.45) is 5.57. The zero-order valence-electron chi connectivity index (χ0n) is 22.7. The van der Waals surface area contributed by atoms with Gasteiger partial charge in [-0.3, -0.25) is 9.59 Å². The Morgan fingerprint density at radius 3 is 2.41 bits per heavy atom. The lowest BCUT2D eigenvalue weighted by molar-refractivity contribution is -0.140. The lowest BCUT2D eigenvalue weighted by Gasteiger charge is -2.32. The van der Waals surface area contributed by atoms with Gasteiger partial charge >= 0.3 is 0 Å². The largest absolute Gasteiger partial charge is 0.421 e. The van der Waals surface area contributed by atoms with Gasteiger partial charge in [-0.05, 0) is 62.0 Å². The maximum absolute atomic E-state index is 14.2. The van der Waals surface area contributed by atoms with Crippen LogP contribution in [-0.2, 0) is 33.5 Å². The van der Waals surface area contributed by atoms with Crippen molar-refractivity contribution in [3.05, 3.63) is 83.6 Å². The first-order valence-electron chi connectivity index (χ1n) is 14.0. The van der Waals surface area contributed by atoms with Crippen LogP contribution >= 0.6 is 0 Å². The number of hydrogen-bond acceptors (Lipinski definition) is 6. The molecule has 204 valence electrons. The van der Waals surface area contributed by atoms with Gasteiger partial charge in [-0.15, -0.1) is 10.2 Å². The SMILES string of the molecule is CC(=O)NC1(CC2CC2)CCN(C2(c3nnc([C@](C)(N)Cc4ccccc4)o3)C[C@H]2Cc2ccccc2)C1=O. The molecule has 2 aromatic carbocycles. The van der Waals surface area contributed by atoms with E-state index in [0.717, 1.165) is 31.2 Å². The smallest absolute Gasteiger partial charge is 0.249 e. The Morgan fingerprint density at radius 1 is 1.10 bits per heavy atom. The second-order valence-electron chi connectivity index (χ2n) is 12.1. The molecule has 2 aliphatic carbocycles. The van der Waals surface area contributed by atoms with Crippen LogP contribution in [0.3, 0.4) is 0 Å². The number of nitrogens with zero attached hydrogens (tertiary/aromatic N) is 3. The Kier molecular flexibility index (Phi) is 6.33. The number of aromatic nitrogens is 2. The van der Waals surface area contributed by atoms with Crippen molar-refractivity contribution in [3.63, 3.8) is 0 Å². The van der Waals surface area contributed by atoms with Crippen LogP contribution in [0.1, 0.15) is 68.9 Å². The van der Waals surface area contributed by atoms with Crippen molar-refractivity contribution in [2.75, 3.05) is 6.54 Å². The Balaban J connectivity index is 1.33. The van der Waals surface area contributed by atoms with Crippen molar-refractivity contribution in [3.8, 4) is 0 Å². The molecule has 39 heavy (non-hydrogen) atoms. The zero-order valence-corrected chi connectivity index (χ0v) is 22.7. The van der Waals surface area contributed by atoms with Crippen molar-refractivity contribution in [1.29, 1.82) is 0 Å². The molecule has 3 N–H and O–H groups in total. The maximum Gasteiger partial charge on any atom is 0.249 e. The van der Waals surface area contributed by atoms with Gasteiger partial charge in [-0.25, -0.2) is 0 Å². The summed E-state index contributed by atoms with van der Waals surface area (Å²) < 4.78 is 6.39. The van der Waals surface area contributed by atoms with Gasteiger partial charge in [0.1, 0.15) is 11.1 Å². The molecule has 3 aromatic rings. The third-order valence-electron chi connectivity index (χ3n) is 8.74. The van der Waals surface area contributed by atoms with Crippen LogP contribution < -0.4 is 11.1 Å². The van der Waals surface area contributed by atoms with Crippen LogP contribution in [-0.4, -0.2) is 39.0 Å². The Labute approximate surface area is 229 Å². The molecule has 2 heterocycles. The molecule has 2 saturated carbocycles. The Bertz CT molecular complexity index is 1350. The monoisotopic (exact) mass is 527 g/mol. The fraction of sp³-hybridized carbons (Fsp3) is 0.484. The highest BCUT2D eigenvalue weighted by molar-refractivity contribution is 5.93. The van der Waals surface area contributed by atoms with Gasteiger partial charge in [0.15, 0.2) is 0 Å². The number of carbonyl (C=O) groups excluding carboxylic acids is 2. The van der Waals surface area contributed by atoms with Gasteiger partial charge in [-0.2, -0.15) is 0 Å². The number of rotatable bonds is 10. The highest BCUT2D eigenvalue weighted by Crippen LogP contribution is 2.60. The molecule has 2 unspecified atom stereocenters. The number of likely N-dealkylation sites (tertiary alicyclic amines) is 1. The second-order valence-corrected chi connectivity index (χ2v) is 12.1. The van der Waals surface area contributed by atoms with Crippen molar-refractivity contribution in [2.24, 2.45) is 17.6 Å². The van der Waals surface area contributed by atoms with Crippen LogP contribution in [0, 0.1) is 11.8 Å². The molecule has 1 saturated heterocycles. The first kappa shape index (κ1) is 25.7. The average molecular weight is 528 g/mol. The van der Waals surface area contributed by atoms with E-state index in [1.54, 1.807) is 0 Å². The number of hydrogen-bond donors (Lipinski definition) is 2. The fourth-order valence-electron chi connectivity index (χ4n) is 6.55. The Hall–Kier alpha value is -3.52. The molecule has 3 aliphatic rings. The summed E-state index contributed by atoms with van der Waals surface area (Å²) in [6, 6.07) is 20.3. The van der Waals surface area contributed by atoms with Crippen LogP contribution in [0.2, 0.25) is 0 Å². The molecule has 2 amide bonds. The van der Waals surface area contributed by atoms with Crippen molar-refractivity contribution in [2.45, 2.75) is 75.4 Å². The fourth-order valence-corrected chi connectivity index (χ4v) is 6.55. The summed E-state index contributed by atoms with van der Waals surface area (Å²) in [6.45, 7) is 3.93. The summed E-state index contributed by atoms with van der Waals surface area (Å²) >= 11 is 0. The van der Waals surface area contributed by atoms with E-state index in [1.807, 2.05) is 60.4 Å². The highest BCUT2D eigenvalue weighted by Gasteiger charge is 2.68. The van der Waals surface area contributed by atoms with Crippen LogP contribution in [0.5, 0.6) is 0 Å². The lowest BCUT2D eigenvalue weighted by atomic mass is 9.90. The molecule has 0 bridgehead atoms. The molecule has 4 atom stereocenters.